The van der Waals surface area contributed by atoms with Crippen LogP contribution in [0.1, 0.15) is 22.5 Å². The summed E-state index contributed by atoms with van der Waals surface area (Å²) in [5, 5.41) is 23.4. The number of amides is 1. The number of H-pyrrole nitrogens is 1. The second-order valence-electron chi connectivity index (χ2n) is 6.99. The number of carboxylic acids is 2. The van der Waals surface area contributed by atoms with Gasteiger partial charge in [0.25, 0.3) is 11.5 Å². The standard InChI is InChI=1S/C19H17Cl2N7O6/c20-19(21,17(33)34)5-11(16(31)32)26-14(29)8-1-3-9(4-2-8)23-6-10-7-24-13-12(25-10)15(30)28-18(22)27-13/h1-4,7,11,23H,5-6H2,(H,26,29)(H,31,32)(H,33,34)(H3,22,24,27,28,30)/t11-/m0/s1. The Kier molecular flexibility index (Phi) is 7.17. The molecule has 0 saturated carbocycles. The molecule has 13 nitrogen and oxygen atoms in total. The fraction of sp³-hybridized carbons (Fsp3) is 0.211. The van der Waals surface area contributed by atoms with E-state index in [4.69, 9.17) is 34.0 Å². The SMILES string of the molecule is Nc1nc2ncc(CNc3ccc(C(=O)N[C@@H](CC(Cl)(Cl)C(=O)O)C(=O)O)cc3)nc2c(=O)[nH]1. The Hall–Kier alpha value is -3.97. The summed E-state index contributed by atoms with van der Waals surface area (Å²) >= 11 is 11.2. The Balaban J connectivity index is 1.64. The molecule has 178 valence electrons. The molecule has 3 rings (SSSR count). The van der Waals surface area contributed by atoms with Gasteiger partial charge < -0.3 is 26.6 Å². The van der Waals surface area contributed by atoms with Crippen molar-refractivity contribution in [1.29, 1.82) is 0 Å². The van der Waals surface area contributed by atoms with Crippen LogP contribution in [0.2, 0.25) is 0 Å². The molecule has 1 aromatic carbocycles. The number of nitrogen functional groups attached to an aromatic ring is 1. The van der Waals surface area contributed by atoms with Gasteiger partial charge in [-0.2, -0.15) is 4.98 Å². The molecule has 15 heteroatoms. The van der Waals surface area contributed by atoms with Gasteiger partial charge in [0.2, 0.25) is 10.3 Å². The van der Waals surface area contributed by atoms with E-state index in [1.54, 1.807) is 12.1 Å². The predicted molar refractivity (Wildman–Crippen MR) is 122 cm³/mol. The zero-order valence-corrected chi connectivity index (χ0v) is 18.6. The molecule has 1 atom stereocenters. The first kappa shape index (κ1) is 24.7. The zero-order chi connectivity index (χ0) is 25.0. The van der Waals surface area contributed by atoms with Gasteiger partial charge in [0.15, 0.2) is 11.2 Å². The Bertz CT molecular complexity index is 1310. The lowest BCUT2D eigenvalue weighted by atomic mass is 10.1. The van der Waals surface area contributed by atoms with Gasteiger partial charge in [-0.1, -0.05) is 23.2 Å². The molecule has 0 spiro atoms. The number of carbonyl (C=O) groups excluding carboxylic acids is 1. The fourth-order valence-electron chi connectivity index (χ4n) is 2.77. The van der Waals surface area contributed by atoms with Gasteiger partial charge in [0.1, 0.15) is 6.04 Å². The van der Waals surface area contributed by atoms with Crippen molar-refractivity contribution >= 4 is 63.8 Å². The normalized spacial score (nSPS) is 12.2. The number of halogens is 2. The van der Waals surface area contributed by atoms with Gasteiger partial charge in [-0.25, -0.2) is 19.6 Å². The minimum absolute atomic E-state index is 0.0364. The molecule has 0 fully saturated rings. The average molecular weight is 510 g/mol. The lowest BCUT2D eigenvalue weighted by Crippen LogP contribution is -2.45. The summed E-state index contributed by atoms with van der Waals surface area (Å²) in [6.45, 7) is 0.197. The van der Waals surface area contributed by atoms with Gasteiger partial charge >= 0.3 is 11.9 Å². The van der Waals surface area contributed by atoms with Crippen molar-refractivity contribution in [3.63, 3.8) is 0 Å². The van der Waals surface area contributed by atoms with Crippen molar-refractivity contribution in [2.45, 2.75) is 23.3 Å². The monoisotopic (exact) mass is 509 g/mol. The highest BCUT2D eigenvalue weighted by Crippen LogP contribution is 2.27. The number of nitrogens with two attached hydrogens (primary N) is 1. The number of hydrogen-bond acceptors (Lipinski definition) is 9. The van der Waals surface area contributed by atoms with Crippen molar-refractivity contribution < 1.29 is 24.6 Å². The Morgan fingerprint density at radius 2 is 1.82 bits per heavy atom. The third-order valence-electron chi connectivity index (χ3n) is 4.48. The number of hydrogen-bond donors (Lipinski definition) is 6. The van der Waals surface area contributed by atoms with E-state index >= 15 is 0 Å². The Morgan fingerprint density at radius 3 is 2.44 bits per heavy atom. The van der Waals surface area contributed by atoms with Gasteiger partial charge in [-0.05, 0) is 24.3 Å². The van der Waals surface area contributed by atoms with Crippen LogP contribution in [-0.4, -0.2) is 58.4 Å². The molecule has 0 aliphatic carbocycles. The van der Waals surface area contributed by atoms with Gasteiger partial charge in [0.05, 0.1) is 18.4 Å². The maximum absolute atomic E-state index is 12.4. The Morgan fingerprint density at radius 1 is 1.15 bits per heavy atom. The summed E-state index contributed by atoms with van der Waals surface area (Å²) in [6.07, 6.45) is 0.684. The molecule has 0 radical (unpaired) electrons. The van der Waals surface area contributed by atoms with Crippen LogP contribution in [-0.2, 0) is 16.1 Å². The van der Waals surface area contributed by atoms with E-state index in [1.165, 1.54) is 18.3 Å². The highest BCUT2D eigenvalue weighted by atomic mass is 35.5. The highest BCUT2D eigenvalue weighted by Gasteiger charge is 2.39. The molecule has 3 aromatic rings. The van der Waals surface area contributed by atoms with E-state index in [2.05, 4.69) is 30.6 Å². The molecule has 7 N–H and O–H groups in total. The number of fused-ring (bicyclic) bond motifs is 1. The second kappa shape index (κ2) is 9.89. The lowest BCUT2D eigenvalue weighted by molar-refractivity contribution is -0.141. The number of alkyl halides is 2. The number of benzene rings is 1. The summed E-state index contributed by atoms with van der Waals surface area (Å²) in [7, 11) is 0. The summed E-state index contributed by atoms with van der Waals surface area (Å²) < 4.78 is -2.39. The number of anilines is 2. The number of nitrogens with one attached hydrogen (secondary N) is 3. The topological polar surface area (TPSA) is 213 Å². The van der Waals surface area contributed by atoms with Crippen molar-refractivity contribution in [3.8, 4) is 0 Å². The quantitative estimate of drug-likeness (QED) is 0.221. The minimum atomic E-state index is -2.39. The third kappa shape index (κ3) is 5.88. The fourth-order valence-corrected chi connectivity index (χ4v) is 3.08. The van der Waals surface area contributed by atoms with Crippen LogP contribution >= 0.6 is 23.2 Å². The van der Waals surface area contributed by atoms with Crippen molar-refractivity contribution in [3.05, 3.63) is 52.1 Å². The first-order valence-electron chi connectivity index (χ1n) is 9.46. The van der Waals surface area contributed by atoms with Crippen LogP contribution in [0, 0.1) is 0 Å². The van der Waals surface area contributed by atoms with E-state index in [0.29, 0.717) is 11.4 Å². The summed E-state index contributed by atoms with van der Waals surface area (Å²) in [5.41, 5.74) is 6.25. The molecule has 0 saturated heterocycles. The van der Waals surface area contributed by atoms with Crippen molar-refractivity contribution in [2.75, 3.05) is 11.1 Å². The Labute approximate surface area is 200 Å². The highest BCUT2D eigenvalue weighted by molar-refractivity contribution is 6.57. The van der Waals surface area contributed by atoms with Gasteiger partial charge in [0, 0.05) is 17.7 Å². The molecule has 0 aliphatic heterocycles. The average Bonchev–Trinajstić information content (AvgIpc) is 2.77. The lowest BCUT2D eigenvalue weighted by Gasteiger charge is -2.20. The summed E-state index contributed by atoms with van der Waals surface area (Å²) in [6, 6.07) is 4.33. The van der Waals surface area contributed by atoms with Crippen LogP contribution < -0.4 is 21.9 Å². The van der Waals surface area contributed by atoms with Crippen molar-refractivity contribution in [2.24, 2.45) is 0 Å². The maximum atomic E-state index is 12.4. The summed E-state index contributed by atoms with van der Waals surface area (Å²) in [5.74, 6) is -3.96. The second-order valence-corrected chi connectivity index (χ2v) is 8.48. The zero-order valence-electron chi connectivity index (χ0n) is 17.1. The molecule has 34 heavy (non-hydrogen) atoms. The third-order valence-corrected chi connectivity index (χ3v) is 5.12. The largest absolute Gasteiger partial charge is 0.480 e. The minimum Gasteiger partial charge on any atom is -0.480 e. The van der Waals surface area contributed by atoms with E-state index < -0.39 is 40.2 Å². The number of rotatable bonds is 9. The smallest absolute Gasteiger partial charge is 0.340 e. The molecule has 0 aliphatic rings. The predicted octanol–water partition coefficient (Wildman–Crippen LogP) is 0.739. The van der Waals surface area contributed by atoms with Crippen molar-refractivity contribution in [1.82, 2.24) is 25.3 Å². The first-order chi connectivity index (χ1) is 16.0. The molecular weight excluding hydrogens is 493 g/mol. The van der Waals surface area contributed by atoms with Crippen LogP contribution in [0.5, 0.6) is 0 Å². The number of carbonyl (C=O) groups is 3. The van der Waals surface area contributed by atoms with Crippen LogP contribution in [0.25, 0.3) is 11.2 Å². The molecule has 0 unspecified atom stereocenters. The van der Waals surface area contributed by atoms with E-state index in [-0.39, 0.29) is 29.2 Å². The van der Waals surface area contributed by atoms with Crippen LogP contribution in [0.15, 0.2) is 35.3 Å². The number of aromatic amines is 1. The summed E-state index contributed by atoms with van der Waals surface area (Å²) in [4.78, 5) is 61.2. The van der Waals surface area contributed by atoms with Gasteiger partial charge in [-0.3, -0.25) is 14.6 Å². The number of nitrogens with zero attached hydrogens (tertiary/aromatic N) is 3. The maximum Gasteiger partial charge on any atom is 0.340 e. The number of carboxylic acid groups (broad SMARTS) is 2. The van der Waals surface area contributed by atoms with Crippen LogP contribution in [0.3, 0.4) is 0 Å². The number of aliphatic carboxylic acids is 2. The van der Waals surface area contributed by atoms with E-state index in [9.17, 15) is 24.3 Å². The molecule has 0 bridgehead atoms. The molecule has 2 heterocycles. The first-order valence-corrected chi connectivity index (χ1v) is 10.2. The number of aromatic nitrogens is 4. The molecular formula is C19H17Cl2N7O6. The van der Waals surface area contributed by atoms with E-state index in [1.807, 2.05) is 0 Å². The molecule has 2 aromatic heterocycles. The van der Waals surface area contributed by atoms with Gasteiger partial charge in [-0.15, -0.1) is 0 Å². The van der Waals surface area contributed by atoms with E-state index in [0.717, 1.165) is 0 Å². The van der Waals surface area contributed by atoms with Crippen LogP contribution in [0.4, 0.5) is 11.6 Å². The molecule has 1 amide bonds.